The highest BCUT2D eigenvalue weighted by molar-refractivity contribution is 5.94. The summed E-state index contributed by atoms with van der Waals surface area (Å²) in [5.41, 5.74) is -0.244. The molecule has 10 heteroatoms. The van der Waals surface area contributed by atoms with Gasteiger partial charge < -0.3 is 15.0 Å². The average Bonchev–Trinajstić information content (AvgIpc) is 2.76. The number of hydrogen-bond donors (Lipinski definition) is 1. The Labute approximate surface area is 181 Å². The Balaban J connectivity index is 1.65. The minimum atomic E-state index is -4.56. The number of rotatable bonds is 4. The first-order valence-corrected chi connectivity index (χ1v) is 10.0. The molecule has 4 rings (SSSR count). The lowest BCUT2D eigenvalue weighted by atomic mass is 10.1. The third-order valence-electron chi connectivity index (χ3n) is 5.30. The predicted molar refractivity (Wildman–Crippen MR) is 114 cm³/mol. The van der Waals surface area contributed by atoms with Gasteiger partial charge in [0.25, 0.3) is 5.56 Å². The first-order chi connectivity index (χ1) is 15.2. The fourth-order valence-electron chi connectivity index (χ4n) is 3.69. The van der Waals surface area contributed by atoms with Gasteiger partial charge in [0.2, 0.25) is 5.91 Å². The molecule has 0 radical (unpaired) electrons. The lowest BCUT2D eigenvalue weighted by Crippen LogP contribution is -2.37. The molecule has 0 saturated carbocycles. The first-order valence-electron chi connectivity index (χ1n) is 10.0. The number of morpholine rings is 1. The number of aromatic nitrogens is 2. The quantitative estimate of drug-likeness (QED) is 0.666. The van der Waals surface area contributed by atoms with Crippen molar-refractivity contribution in [3.63, 3.8) is 0 Å². The number of aryl methyl sites for hydroxylation is 1. The molecule has 32 heavy (non-hydrogen) atoms. The van der Waals surface area contributed by atoms with Crippen LogP contribution >= 0.6 is 0 Å². The van der Waals surface area contributed by atoms with E-state index in [1.54, 1.807) is 31.2 Å². The van der Waals surface area contributed by atoms with Crippen LogP contribution in [0.2, 0.25) is 0 Å². The highest BCUT2D eigenvalue weighted by Crippen LogP contribution is 2.35. The zero-order chi connectivity index (χ0) is 22.9. The molecular weight excluding hydrogens is 425 g/mol. The van der Waals surface area contributed by atoms with Gasteiger partial charge in [0.1, 0.15) is 12.4 Å². The second-order valence-corrected chi connectivity index (χ2v) is 7.44. The Morgan fingerprint density at radius 1 is 1.16 bits per heavy atom. The number of nitrogens with one attached hydrogen (secondary N) is 1. The van der Waals surface area contributed by atoms with Gasteiger partial charge in [-0.05, 0) is 37.3 Å². The number of ether oxygens (including phenoxy) is 1. The van der Waals surface area contributed by atoms with Gasteiger partial charge >= 0.3 is 6.18 Å². The van der Waals surface area contributed by atoms with E-state index in [0.29, 0.717) is 48.7 Å². The van der Waals surface area contributed by atoms with Gasteiger partial charge in [-0.1, -0.05) is 12.1 Å². The molecule has 0 aliphatic carbocycles. The molecule has 2 heterocycles. The van der Waals surface area contributed by atoms with Crippen molar-refractivity contribution in [2.75, 3.05) is 36.5 Å². The number of carbonyl (C=O) groups is 1. The van der Waals surface area contributed by atoms with E-state index in [9.17, 15) is 22.8 Å². The van der Waals surface area contributed by atoms with Crippen LogP contribution in [0.3, 0.4) is 0 Å². The summed E-state index contributed by atoms with van der Waals surface area (Å²) in [5, 5.41) is 2.92. The van der Waals surface area contributed by atoms with Gasteiger partial charge in [0.15, 0.2) is 0 Å². The van der Waals surface area contributed by atoms with Gasteiger partial charge in [0.05, 0.1) is 41.1 Å². The lowest BCUT2D eigenvalue weighted by Gasteiger charge is -2.31. The summed E-state index contributed by atoms with van der Waals surface area (Å²) in [6.45, 7) is 3.08. The van der Waals surface area contributed by atoms with Gasteiger partial charge in [0, 0.05) is 13.1 Å². The van der Waals surface area contributed by atoms with Gasteiger partial charge in [-0.15, -0.1) is 0 Å². The largest absolute Gasteiger partial charge is 0.416 e. The highest BCUT2D eigenvalue weighted by atomic mass is 19.4. The number of benzene rings is 2. The van der Waals surface area contributed by atoms with Crippen LogP contribution in [0.5, 0.6) is 0 Å². The zero-order valence-electron chi connectivity index (χ0n) is 17.3. The van der Waals surface area contributed by atoms with Crippen LogP contribution in [0.4, 0.5) is 24.5 Å². The molecule has 1 N–H and O–H groups in total. The second kappa shape index (κ2) is 8.62. The molecule has 1 aliphatic heterocycles. The molecular formula is C22H21F3N4O3. The van der Waals surface area contributed by atoms with E-state index in [0.717, 1.165) is 12.1 Å². The maximum atomic E-state index is 13.3. The van der Waals surface area contributed by atoms with Crippen LogP contribution < -0.4 is 15.8 Å². The Hall–Kier alpha value is -3.40. The lowest BCUT2D eigenvalue weighted by molar-refractivity contribution is -0.137. The van der Waals surface area contributed by atoms with E-state index in [4.69, 9.17) is 4.74 Å². The molecule has 0 unspecified atom stereocenters. The molecule has 168 valence electrons. The van der Waals surface area contributed by atoms with Crippen molar-refractivity contribution in [3.8, 4) is 0 Å². The maximum absolute atomic E-state index is 13.3. The molecule has 1 amide bonds. The van der Waals surface area contributed by atoms with Crippen LogP contribution in [-0.2, 0) is 22.3 Å². The SMILES string of the molecule is Cc1nc2ccccc2c(=O)n1CC(=O)Nc1cc(C(F)(F)F)ccc1N1CCOCC1. The van der Waals surface area contributed by atoms with E-state index >= 15 is 0 Å². The van der Waals surface area contributed by atoms with Crippen LogP contribution in [-0.4, -0.2) is 41.8 Å². The highest BCUT2D eigenvalue weighted by Gasteiger charge is 2.32. The molecule has 2 aromatic carbocycles. The van der Waals surface area contributed by atoms with E-state index in [2.05, 4.69) is 10.3 Å². The topological polar surface area (TPSA) is 76.5 Å². The second-order valence-electron chi connectivity index (χ2n) is 7.44. The molecule has 7 nitrogen and oxygen atoms in total. The summed E-state index contributed by atoms with van der Waals surface area (Å²) in [4.78, 5) is 31.8. The van der Waals surface area contributed by atoms with Crippen molar-refractivity contribution >= 4 is 28.2 Å². The summed E-state index contributed by atoms with van der Waals surface area (Å²) in [7, 11) is 0. The zero-order valence-corrected chi connectivity index (χ0v) is 17.3. The third kappa shape index (κ3) is 4.45. The van der Waals surface area contributed by atoms with Gasteiger partial charge in [-0.25, -0.2) is 4.98 Å². The summed E-state index contributed by atoms with van der Waals surface area (Å²) >= 11 is 0. The molecule has 1 aliphatic rings. The molecule has 1 aromatic heterocycles. The number of carbonyl (C=O) groups excluding carboxylic acids is 1. The fourth-order valence-corrected chi connectivity index (χ4v) is 3.69. The maximum Gasteiger partial charge on any atom is 0.416 e. The van der Waals surface area contributed by atoms with Crippen LogP contribution in [0, 0.1) is 6.92 Å². The Morgan fingerprint density at radius 3 is 2.59 bits per heavy atom. The molecule has 0 spiro atoms. The van der Waals surface area contributed by atoms with Gasteiger partial charge in [-0.2, -0.15) is 13.2 Å². The standard InChI is InChI=1S/C22H21F3N4O3/c1-14-26-17-5-3-2-4-16(17)21(31)29(14)13-20(30)27-18-12-15(22(23,24)25)6-7-19(18)28-8-10-32-11-9-28/h2-7,12H,8-11,13H2,1H3,(H,27,30). The molecule has 0 atom stereocenters. The average molecular weight is 446 g/mol. The number of anilines is 2. The number of fused-ring (bicyclic) bond motifs is 1. The summed E-state index contributed by atoms with van der Waals surface area (Å²) in [6, 6.07) is 10.0. The van der Waals surface area contributed by atoms with Crippen molar-refractivity contribution < 1.29 is 22.7 Å². The smallest absolute Gasteiger partial charge is 0.378 e. The van der Waals surface area contributed by atoms with Crippen LogP contribution in [0.25, 0.3) is 10.9 Å². The first kappa shape index (κ1) is 21.8. The third-order valence-corrected chi connectivity index (χ3v) is 5.30. The summed E-state index contributed by atoms with van der Waals surface area (Å²) in [5.74, 6) is -0.289. The normalized spacial score (nSPS) is 14.6. The number of hydrogen-bond acceptors (Lipinski definition) is 5. The molecule has 0 bridgehead atoms. The van der Waals surface area contributed by atoms with Crippen molar-refractivity contribution in [1.29, 1.82) is 0 Å². The van der Waals surface area contributed by atoms with E-state index in [1.165, 1.54) is 10.6 Å². The van der Waals surface area contributed by atoms with Gasteiger partial charge in [-0.3, -0.25) is 14.2 Å². The Morgan fingerprint density at radius 2 is 1.88 bits per heavy atom. The van der Waals surface area contributed by atoms with Crippen molar-refractivity contribution in [2.24, 2.45) is 0 Å². The fraction of sp³-hybridized carbons (Fsp3) is 0.318. The molecule has 1 saturated heterocycles. The summed E-state index contributed by atoms with van der Waals surface area (Å²) in [6.07, 6.45) is -4.56. The number of halogens is 3. The van der Waals surface area contributed by atoms with Crippen molar-refractivity contribution in [3.05, 3.63) is 64.2 Å². The number of para-hydroxylation sites is 1. The monoisotopic (exact) mass is 446 g/mol. The molecule has 3 aromatic rings. The Bertz CT molecular complexity index is 1220. The van der Waals surface area contributed by atoms with E-state index in [-0.39, 0.29) is 17.8 Å². The van der Waals surface area contributed by atoms with E-state index in [1.807, 2.05) is 4.90 Å². The summed E-state index contributed by atoms with van der Waals surface area (Å²) < 4.78 is 46.4. The number of nitrogens with zero attached hydrogens (tertiary/aromatic N) is 3. The van der Waals surface area contributed by atoms with E-state index < -0.39 is 17.6 Å². The minimum Gasteiger partial charge on any atom is -0.378 e. The minimum absolute atomic E-state index is 0.0335. The van der Waals surface area contributed by atoms with Crippen molar-refractivity contribution in [2.45, 2.75) is 19.6 Å². The number of amides is 1. The molecule has 1 fully saturated rings. The Kier molecular flexibility index (Phi) is 5.88. The number of alkyl halides is 3. The van der Waals surface area contributed by atoms with Crippen LogP contribution in [0.15, 0.2) is 47.3 Å². The van der Waals surface area contributed by atoms with Crippen molar-refractivity contribution in [1.82, 2.24) is 9.55 Å². The van der Waals surface area contributed by atoms with Crippen LogP contribution in [0.1, 0.15) is 11.4 Å². The predicted octanol–water partition coefficient (Wildman–Crippen LogP) is 3.20.